The zero-order valence-electron chi connectivity index (χ0n) is 23.2. The van der Waals surface area contributed by atoms with Gasteiger partial charge in [-0.1, -0.05) is 55.5 Å². The van der Waals surface area contributed by atoms with Crippen LogP contribution in [0.4, 0.5) is 10.1 Å². The first-order valence-corrected chi connectivity index (χ1v) is 14.7. The third-order valence-electron chi connectivity index (χ3n) is 6.51. The van der Waals surface area contributed by atoms with Crippen LogP contribution < -0.4 is 14.4 Å². The lowest BCUT2D eigenvalue weighted by Gasteiger charge is -2.33. The maximum Gasteiger partial charge on any atom is 0.264 e. The summed E-state index contributed by atoms with van der Waals surface area (Å²) >= 11 is 0. The van der Waals surface area contributed by atoms with E-state index in [-0.39, 0.29) is 41.1 Å². The maximum absolute atomic E-state index is 14.7. The molecule has 0 spiro atoms. The van der Waals surface area contributed by atoms with E-state index in [4.69, 9.17) is 4.74 Å². The van der Waals surface area contributed by atoms with Crippen LogP contribution in [0, 0.1) is 5.82 Å². The van der Waals surface area contributed by atoms with E-state index in [9.17, 15) is 22.4 Å². The molecule has 3 aromatic rings. The van der Waals surface area contributed by atoms with Crippen LogP contribution in [0.25, 0.3) is 0 Å². The fraction of sp³-hybridized carbons (Fsp3) is 0.333. The molecule has 0 saturated carbocycles. The molecule has 0 bridgehead atoms. The first-order chi connectivity index (χ1) is 19.1. The van der Waals surface area contributed by atoms with Crippen molar-refractivity contribution in [3.8, 4) is 5.75 Å². The molecule has 3 aromatic carbocycles. The number of nitrogens with one attached hydrogen (secondary N) is 1. The van der Waals surface area contributed by atoms with E-state index in [2.05, 4.69) is 5.32 Å². The summed E-state index contributed by atoms with van der Waals surface area (Å²) in [4.78, 5) is 28.2. The number of benzene rings is 3. The molecule has 10 heteroatoms. The minimum atomic E-state index is -4.24. The quantitative estimate of drug-likeness (QED) is 0.321. The Morgan fingerprint density at radius 1 is 0.925 bits per heavy atom. The molecular formula is C30H36FN3O5S. The van der Waals surface area contributed by atoms with Crippen molar-refractivity contribution in [2.45, 2.75) is 57.6 Å². The number of carbonyl (C=O) groups excluding carboxylic acids is 2. The number of nitrogens with zero attached hydrogens (tertiary/aromatic N) is 2. The standard InChI is InChI=1S/C30H36FN3O5S/c1-5-22(3)32-30(36)23(4)33(20-24-14-10-11-17-26(24)31)29(35)21-34(27-18-12-13-19-28(27)39-6-2)40(37,38)25-15-8-7-9-16-25/h7-19,22-23H,5-6,20-21H2,1-4H3,(H,32,36)/t22-,23-/m0/s1. The van der Waals surface area contributed by atoms with Gasteiger partial charge in [0.05, 0.1) is 17.2 Å². The van der Waals surface area contributed by atoms with Gasteiger partial charge in [0.1, 0.15) is 24.2 Å². The summed E-state index contributed by atoms with van der Waals surface area (Å²) in [5.41, 5.74) is 0.371. The number of halogens is 1. The number of amides is 2. The molecule has 0 aromatic heterocycles. The number of rotatable bonds is 13. The summed E-state index contributed by atoms with van der Waals surface area (Å²) in [5, 5.41) is 2.85. The van der Waals surface area contributed by atoms with E-state index in [1.807, 2.05) is 13.8 Å². The largest absolute Gasteiger partial charge is 0.492 e. The van der Waals surface area contributed by atoms with E-state index in [1.165, 1.54) is 35.2 Å². The molecular weight excluding hydrogens is 533 g/mol. The van der Waals surface area contributed by atoms with Gasteiger partial charge in [-0.15, -0.1) is 0 Å². The Morgan fingerprint density at radius 3 is 2.20 bits per heavy atom. The molecule has 0 radical (unpaired) electrons. The lowest BCUT2D eigenvalue weighted by molar-refractivity contribution is -0.139. The molecule has 0 aliphatic heterocycles. The number of carbonyl (C=O) groups is 2. The number of ether oxygens (including phenoxy) is 1. The highest BCUT2D eigenvalue weighted by molar-refractivity contribution is 7.92. The van der Waals surface area contributed by atoms with E-state index in [0.29, 0.717) is 6.42 Å². The van der Waals surface area contributed by atoms with Crippen molar-refractivity contribution in [1.29, 1.82) is 0 Å². The monoisotopic (exact) mass is 569 g/mol. The van der Waals surface area contributed by atoms with Crippen LogP contribution in [0.15, 0.2) is 83.8 Å². The van der Waals surface area contributed by atoms with Crippen LogP contribution in [0.3, 0.4) is 0 Å². The summed E-state index contributed by atoms with van der Waals surface area (Å²) < 4.78 is 49.1. The molecule has 0 unspecified atom stereocenters. The Kier molecular flexibility index (Phi) is 10.7. The molecule has 0 aliphatic carbocycles. The van der Waals surface area contributed by atoms with Gasteiger partial charge in [-0.25, -0.2) is 12.8 Å². The van der Waals surface area contributed by atoms with E-state index in [0.717, 1.165) is 4.31 Å². The van der Waals surface area contributed by atoms with Gasteiger partial charge in [0.2, 0.25) is 11.8 Å². The highest BCUT2D eigenvalue weighted by atomic mass is 32.2. The second kappa shape index (κ2) is 13.9. The van der Waals surface area contributed by atoms with E-state index in [1.54, 1.807) is 62.4 Å². The first-order valence-electron chi connectivity index (χ1n) is 13.2. The van der Waals surface area contributed by atoms with E-state index < -0.39 is 40.2 Å². The maximum atomic E-state index is 14.7. The minimum Gasteiger partial charge on any atom is -0.492 e. The third-order valence-corrected chi connectivity index (χ3v) is 8.28. The summed E-state index contributed by atoms with van der Waals surface area (Å²) in [7, 11) is -4.24. The summed E-state index contributed by atoms with van der Waals surface area (Å²) in [5.74, 6) is -1.36. The predicted molar refractivity (Wildman–Crippen MR) is 153 cm³/mol. The Balaban J connectivity index is 2.07. The lowest BCUT2D eigenvalue weighted by atomic mass is 10.1. The predicted octanol–water partition coefficient (Wildman–Crippen LogP) is 4.75. The van der Waals surface area contributed by atoms with Gasteiger partial charge in [-0.05, 0) is 57.5 Å². The van der Waals surface area contributed by atoms with Gasteiger partial charge < -0.3 is 15.0 Å². The van der Waals surface area contributed by atoms with Crippen molar-refractivity contribution in [1.82, 2.24) is 10.2 Å². The molecule has 214 valence electrons. The van der Waals surface area contributed by atoms with Crippen molar-refractivity contribution in [3.05, 3.63) is 90.2 Å². The van der Waals surface area contributed by atoms with Crippen molar-refractivity contribution in [2.75, 3.05) is 17.5 Å². The highest BCUT2D eigenvalue weighted by Crippen LogP contribution is 2.33. The number of para-hydroxylation sites is 2. The van der Waals surface area contributed by atoms with Crippen LogP contribution >= 0.6 is 0 Å². The van der Waals surface area contributed by atoms with Gasteiger partial charge in [0.25, 0.3) is 10.0 Å². The Hall–Kier alpha value is -3.92. The minimum absolute atomic E-state index is 0.0164. The van der Waals surface area contributed by atoms with Crippen LogP contribution in [-0.4, -0.2) is 50.4 Å². The molecule has 0 fully saturated rings. The first kappa shape index (κ1) is 30.6. The molecule has 1 N–H and O–H groups in total. The normalized spacial score (nSPS) is 12.7. The Morgan fingerprint density at radius 2 is 1.55 bits per heavy atom. The van der Waals surface area contributed by atoms with Gasteiger partial charge in [-0.2, -0.15) is 0 Å². The number of hydrogen-bond acceptors (Lipinski definition) is 5. The van der Waals surface area contributed by atoms with Gasteiger partial charge in [-0.3, -0.25) is 13.9 Å². The molecule has 40 heavy (non-hydrogen) atoms. The third kappa shape index (κ3) is 7.38. The summed E-state index contributed by atoms with van der Waals surface area (Å²) in [6, 6.07) is 19.1. The second-order valence-corrected chi connectivity index (χ2v) is 11.2. The summed E-state index contributed by atoms with van der Waals surface area (Å²) in [6.07, 6.45) is 0.678. The fourth-order valence-electron chi connectivity index (χ4n) is 4.03. The average Bonchev–Trinajstić information content (AvgIpc) is 2.96. The van der Waals surface area contributed by atoms with Crippen LogP contribution in [0.5, 0.6) is 5.75 Å². The molecule has 0 heterocycles. The number of sulfonamides is 1. The van der Waals surface area contributed by atoms with Gasteiger partial charge >= 0.3 is 0 Å². The molecule has 2 atom stereocenters. The van der Waals surface area contributed by atoms with Gasteiger partial charge in [0.15, 0.2) is 0 Å². The van der Waals surface area contributed by atoms with E-state index >= 15 is 0 Å². The molecule has 2 amide bonds. The highest BCUT2D eigenvalue weighted by Gasteiger charge is 2.34. The average molecular weight is 570 g/mol. The van der Waals surface area contributed by atoms with Crippen molar-refractivity contribution >= 4 is 27.5 Å². The molecule has 8 nitrogen and oxygen atoms in total. The van der Waals surface area contributed by atoms with Crippen LogP contribution in [0.1, 0.15) is 39.7 Å². The Labute approximate surface area is 235 Å². The number of hydrogen-bond donors (Lipinski definition) is 1. The Bertz CT molecular complexity index is 1400. The summed E-state index contributed by atoms with van der Waals surface area (Å²) in [6.45, 7) is 6.47. The zero-order chi connectivity index (χ0) is 29.3. The SMILES string of the molecule is CCOc1ccccc1N(CC(=O)N(Cc1ccccc1F)[C@@H](C)C(=O)N[C@@H](C)CC)S(=O)(=O)c1ccccc1. The van der Waals surface area contributed by atoms with Crippen LogP contribution in [-0.2, 0) is 26.2 Å². The second-order valence-electron chi connectivity index (χ2n) is 9.33. The molecule has 3 rings (SSSR count). The molecule has 0 aliphatic rings. The molecule has 0 saturated heterocycles. The van der Waals surface area contributed by atoms with Crippen molar-refractivity contribution < 1.29 is 27.1 Å². The van der Waals surface area contributed by atoms with Crippen LogP contribution in [0.2, 0.25) is 0 Å². The lowest BCUT2D eigenvalue weighted by Crippen LogP contribution is -2.52. The zero-order valence-corrected chi connectivity index (χ0v) is 24.0. The van der Waals surface area contributed by atoms with Gasteiger partial charge in [0, 0.05) is 18.2 Å². The fourth-order valence-corrected chi connectivity index (χ4v) is 5.48. The topological polar surface area (TPSA) is 96.0 Å². The smallest absolute Gasteiger partial charge is 0.264 e. The van der Waals surface area contributed by atoms with Crippen molar-refractivity contribution in [2.24, 2.45) is 0 Å². The number of anilines is 1. The van der Waals surface area contributed by atoms with Crippen molar-refractivity contribution in [3.63, 3.8) is 0 Å².